The van der Waals surface area contributed by atoms with Crippen LogP contribution in [0.15, 0.2) is 43.0 Å². The predicted octanol–water partition coefficient (Wildman–Crippen LogP) is 8.37. The molecule has 2 unspecified atom stereocenters. The molecule has 0 aliphatic carbocycles. The number of unbranched alkanes of at least 4 members (excludes halogenated alkanes) is 3. The Morgan fingerprint density at radius 3 is 2.31 bits per heavy atom. The van der Waals surface area contributed by atoms with Crippen molar-refractivity contribution in [3.8, 4) is 0 Å². The minimum Gasteiger partial charge on any atom is -0.103 e. The Morgan fingerprint density at radius 1 is 1.00 bits per heavy atom. The first-order valence-corrected chi connectivity index (χ1v) is 10.9. The first-order chi connectivity index (χ1) is 12.6. The van der Waals surface area contributed by atoms with Crippen LogP contribution in [0, 0.1) is 25.7 Å². The second-order valence-corrected chi connectivity index (χ2v) is 8.01. The first-order valence-electron chi connectivity index (χ1n) is 10.9. The smallest absolute Gasteiger partial charge is 0.0199 e. The van der Waals surface area contributed by atoms with Crippen LogP contribution in [0.25, 0.3) is 0 Å². The molecule has 1 aromatic rings. The molecule has 0 aliphatic heterocycles. The molecule has 0 aliphatic rings. The van der Waals surface area contributed by atoms with Gasteiger partial charge in [-0.05, 0) is 75.0 Å². The third kappa shape index (κ3) is 8.88. The fraction of sp³-hybridized carbons (Fsp3) is 0.615. The highest BCUT2D eigenvalue weighted by molar-refractivity contribution is 5.33. The molecule has 0 amide bonds. The minimum atomic E-state index is 0.659. The van der Waals surface area contributed by atoms with E-state index in [1.807, 2.05) is 0 Å². The van der Waals surface area contributed by atoms with E-state index in [0.29, 0.717) is 5.92 Å². The van der Waals surface area contributed by atoms with Gasteiger partial charge in [0, 0.05) is 0 Å². The largest absolute Gasteiger partial charge is 0.103 e. The average Bonchev–Trinajstić information content (AvgIpc) is 2.63. The molecular formula is C26H42. The fourth-order valence-electron chi connectivity index (χ4n) is 4.15. The average molecular weight is 355 g/mol. The van der Waals surface area contributed by atoms with E-state index in [0.717, 1.165) is 12.3 Å². The van der Waals surface area contributed by atoms with Gasteiger partial charge in [0.25, 0.3) is 0 Å². The first kappa shape index (κ1) is 22.7. The van der Waals surface area contributed by atoms with Crippen LogP contribution in [0.5, 0.6) is 0 Å². The van der Waals surface area contributed by atoms with Gasteiger partial charge in [0.15, 0.2) is 0 Å². The van der Waals surface area contributed by atoms with E-state index >= 15 is 0 Å². The molecular weight excluding hydrogens is 312 g/mol. The topological polar surface area (TPSA) is 0 Å². The normalized spacial score (nSPS) is 13.8. The maximum absolute atomic E-state index is 4.06. The molecule has 0 heterocycles. The van der Waals surface area contributed by atoms with Crippen molar-refractivity contribution in [1.29, 1.82) is 0 Å². The zero-order chi connectivity index (χ0) is 19.2. The fourth-order valence-corrected chi connectivity index (χ4v) is 4.15. The standard InChI is InChI=1S/C26H42/c1-6-9-18-24(8-3)21-25(15-7-2)19-12-10-11-13-20-26-22(4)16-14-17-23(26)5/h6,8-9,14,16-17,24-25H,3,7,10-13,15,18-21H2,1-2,4-5H3. The van der Waals surface area contributed by atoms with Gasteiger partial charge >= 0.3 is 0 Å². The summed E-state index contributed by atoms with van der Waals surface area (Å²) in [6.07, 6.45) is 19.9. The van der Waals surface area contributed by atoms with E-state index < -0.39 is 0 Å². The summed E-state index contributed by atoms with van der Waals surface area (Å²) >= 11 is 0. The monoisotopic (exact) mass is 354 g/mol. The Kier molecular flexibility index (Phi) is 12.1. The Morgan fingerprint density at radius 2 is 1.69 bits per heavy atom. The highest BCUT2D eigenvalue weighted by Gasteiger charge is 2.13. The van der Waals surface area contributed by atoms with Crippen molar-refractivity contribution < 1.29 is 0 Å². The van der Waals surface area contributed by atoms with Gasteiger partial charge in [-0.15, -0.1) is 6.58 Å². The van der Waals surface area contributed by atoms with Crippen molar-refractivity contribution in [3.63, 3.8) is 0 Å². The summed E-state index contributed by atoms with van der Waals surface area (Å²) in [5, 5.41) is 0. The van der Waals surface area contributed by atoms with Crippen LogP contribution in [0.2, 0.25) is 0 Å². The highest BCUT2D eigenvalue weighted by atomic mass is 14.2. The summed E-state index contributed by atoms with van der Waals surface area (Å²) in [7, 11) is 0. The number of hydrogen-bond acceptors (Lipinski definition) is 0. The highest BCUT2D eigenvalue weighted by Crippen LogP contribution is 2.26. The zero-order valence-electron chi connectivity index (χ0n) is 17.9. The molecule has 0 radical (unpaired) electrons. The Bertz CT molecular complexity index is 503. The SMILES string of the molecule is C=CC(CC=CC)CC(CCC)CCCCCCc1c(C)cccc1C. The molecule has 1 rings (SSSR count). The van der Waals surface area contributed by atoms with Gasteiger partial charge in [-0.1, -0.05) is 81.9 Å². The molecule has 1 aromatic carbocycles. The molecule has 0 heteroatoms. The third-order valence-electron chi connectivity index (χ3n) is 5.77. The Hall–Kier alpha value is -1.30. The number of allylic oxidation sites excluding steroid dienone is 3. The van der Waals surface area contributed by atoms with Gasteiger partial charge in [0.1, 0.15) is 0 Å². The second kappa shape index (κ2) is 13.8. The van der Waals surface area contributed by atoms with Crippen LogP contribution in [-0.2, 0) is 6.42 Å². The lowest BCUT2D eigenvalue weighted by molar-refractivity contribution is 0.354. The molecule has 0 fully saturated rings. The van der Waals surface area contributed by atoms with Crippen LogP contribution in [-0.4, -0.2) is 0 Å². The summed E-state index contributed by atoms with van der Waals surface area (Å²) in [6, 6.07) is 6.68. The lowest BCUT2D eigenvalue weighted by Crippen LogP contribution is -2.07. The maximum atomic E-state index is 4.06. The second-order valence-electron chi connectivity index (χ2n) is 8.01. The van der Waals surface area contributed by atoms with E-state index in [2.05, 4.69) is 70.7 Å². The molecule has 146 valence electrons. The van der Waals surface area contributed by atoms with Gasteiger partial charge in [0.05, 0.1) is 0 Å². The van der Waals surface area contributed by atoms with Crippen molar-refractivity contribution in [2.24, 2.45) is 11.8 Å². The van der Waals surface area contributed by atoms with E-state index in [1.165, 1.54) is 68.9 Å². The van der Waals surface area contributed by atoms with Crippen molar-refractivity contribution in [2.45, 2.75) is 91.9 Å². The number of rotatable bonds is 14. The summed E-state index contributed by atoms with van der Waals surface area (Å²) in [5.74, 6) is 1.54. The van der Waals surface area contributed by atoms with Crippen LogP contribution in [0.3, 0.4) is 0 Å². The Labute approximate surface area is 163 Å². The van der Waals surface area contributed by atoms with Crippen LogP contribution in [0.1, 0.15) is 88.3 Å². The molecule has 0 N–H and O–H groups in total. The predicted molar refractivity (Wildman–Crippen MR) is 119 cm³/mol. The summed E-state index contributed by atoms with van der Waals surface area (Å²) in [5.41, 5.74) is 4.50. The van der Waals surface area contributed by atoms with Crippen molar-refractivity contribution in [1.82, 2.24) is 0 Å². The van der Waals surface area contributed by atoms with Gasteiger partial charge in [-0.2, -0.15) is 0 Å². The third-order valence-corrected chi connectivity index (χ3v) is 5.77. The van der Waals surface area contributed by atoms with Crippen LogP contribution < -0.4 is 0 Å². The number of benzene rings is 1. The molecule has 0 saturated carbocycles. The molecule has 2 atom stereocenters. The lowest BCUT2D eigenvalue weighted by Gasteiger charge is -2.20. The number of hydrogen-bond donors (Lipinski definition) is 0. The summed E-state index contributed by atoms with van der Waals surface area (Å²) < 4.78 is 0. The molecule has 26 heavy (non-hydrogen) atoms. The quantitative estimate of drug-likeness (QED) is 0.232. The molecule has 0 spiro atoms. The molecule has 0 bridgehead atoms. The van der Waals surface area contributed by atoms with Gasteiger partial charge in [0.2, 0.25) is 0 Å². The van der Waals surface area contributed by atoms with E-state index in [4.69, 9.17) is 0 Å². The van der Waals surface area contributed by atoms with Gasteiger partial charge in [-0.3, -0.25) is 0 Å². The van der Waals surface area contributed by atoms with Crippen molar-refractivity contribution in [2.75, 3.05) is 0 Å². The van der Waals surface area contributed by atoms with Crippen molar-refractivity contribution in [3.05, 3.63) is 59.7 Å². The van der Waals surface area contributed by atoms with Crippen molar-refractivity contribution >= 4 is 0 Å². The summed E-state index contributed by atoms with van der Waals surface area (Å²) in [6.45, 7) is 13.0. The van der Waals surface area contributed by atoms with E-state index in [-0.39, 0.29) is 0 Å². The molecule has 0 nitrogen and oxygen atoms in total. The Balaban J connectivity index is 2.29. The van der Waals surface area contributed by atoms with E-state index in [9.17, 15) is 0 Å². The number of aryl methyl sites for hydroxylation is 2. The lowest BCUT2D eigenvalue weighted by atomic mass is 9.85. The zero-order valence-corrected chi connectivity index (χ0v) is 17.9. The molecule has 0 aromatic heterocycles. The van der Waals surface area contributed by atoms with Crippen LogP contribution in [0.4, 0.5) is 0 Å². The minimum absolute atomic E-state index is 0.659. The summed E-state index contributed by atoms with van der Waals surface area (Å²) in [4.78, 5) is 0. The van der Waals surface area contributed by atoms with Gasteiger partial charge < -0.3 is 0 Å². The van der Waals surface area contributed by atoms with E-state index in [1.54, 1.807) is 5.56 Å². The van der Waals surface area contributed by atoms with Gasteiger partial charge in [-0.25, -0.2) is 0 Å². The molecule has 0 saturated heterocycles. The maximum Gasteiger partial charge on any atom is -0.0199 e. The van der Waals surface area contributed by atoms with Crippen LogP contribution >= 0.6 is 0 Å².